The standard InChI is InChI=1S/C20H20N4O2S3/c1-13-15(21-19(26-13)17-7-4-10-28-17)12-29-20-23-22-18(16-6-3-9-27-16)24(20)11-14-5-2-8-25-14/h3-4,6-7,9-10,14H,2,5,8,11-12H2,1H3. The van der Waals surface area contributed by atoms with Gasteiger partial charge in [-0.15, -0.1) is 32.9 Å². The lowest BCUT2D eigenvalue weighted by Crippen LogP contribution is -2.16. The first-order chi connectivity index (χ1) is 14.3. The van der Waals surface area contributed by atoms with Crippen LogP contribution in [0.5, 0.6) is 0 Å². The van der Waals surface area contributed by atoms with Gasteiger partial charge in [0.05, 0.1) is 28.1 Å². The fourth-order valence-electron chi connectivity index (χ4n) is 3.34. The van der Waals surface area contributed by atoms with Crippen molar-refractivity contribution in [3.05, 3.63) is 46.5 Å². The van der Waals surface area contributed by atoms with Crippen molar-refractivity contribution in [3.63, 3.8) is 0 Å². The molecule has 5 rings (SSSR count). The molecule has 0 aliphatic carbocycles. The third kappa shape index (κ3) is 4.05. The summed E-state index contributed by atoms with van der Waals surface area (Å²) in [5.41, 5.74) is 0.947. The van der Waals surface area contributed by atoms with E-state index in [-0.39, 0.29) is 6.10 Å². The number of ether oxygens (including phenoxy) is 1. The molecule has 4 aromatic rings. The largest absolute Gasteiger partial charge is 0.440 e. The lowest BCUT2D eigenvalue weighted by atomic mass is 10.2. The van der Waals surface area contributed by atoms with Crippen LogP contribution in [0.15, 0.2) is 44.6 Å². The third-order valence-electron chi connectivity index (χ3n) is 4.83. The highest BCUT2D eigenvalue weighted by Crippen LogP contribution is 2.32. The molecule has 0 radical (unpaired) electrons. The summed E-state index contributed by atoms with van der Waals surface area (Å²) in [7, 11) is 0. The van der Waals surface area contributed by atoms with Crippen LogP contribution in [-0.4, -0.2) is 32.5 Å². The van der Waals surface area contributed by atoms with E-state index in [2.05, 4.69) is 26.2 Å². The van der Waals surface area contributed by atoms with Crippen LogP contribution in [0.3, 0.4) is 0 Å². The van der Waals surface area contributed by atoms with Gasteiger partial charge in [0.2, 0.25) is 5.89 Å². The van der Waals surface area contributed by atoms with Crippen molar-refractivity contribution in [3.8, 4) is 21.5 Å². The maximum Gasteiger partial charge on any atom is 0.236 e. The smallest absolute Gasteiger partial charge is 0.236 e. The number of aromatic nitrogens is 4. The Morgan fingerprint density at radius 2 is 2.00 bits per heavy atom. The Hall–Kier alpha value is -1.94. The molecule has 1 fully saturated rings. The average Bonchev–Trinajstić information content (AvgIpc) is 3.51. The highest BCUT2D eigenvalue weighted by Gasteiger charge is 2.23. The van der Waals surface area contributed by atoms with Crippen LogP contribution >= 0.6 is 34.4 Å². The Morgan fingerprint density at radius 3 is 2.72 bits per heavy atom. The number of oxazole rings is 1. The van der Waals surface area contributed by atoms with Crippen LogP contribution in [0, 0.1) is 6.92 Å². The summed E-state index contributed by atoms with van der Waals surface area (Å²) in [6.45, 7) is 3.59. The van der Waals surface area contributed by atoms with E-state index in [9.17, 15) is 0 Å². The molecule has 5 heterocycles. The second-order valence-electron chi connectivity index (χ2n) is 6.82. The zero-order chi connectivity index (χ0) is 19.6. The zero-order valence-electron chi connectivity index (χ0n) is 15.9. The fourth-order valence-corrected chi connectivity index (χ4v) is 5.66. The summed E-state index contributed by atoms with van der Waals surface area (Å²) in [4.78, 5) is 6.87. The van der Waals surface area contributed by atoms with Crippen molar-refractivity contribution >= 4 is 34.4 Å². The molecule has 0 N–H and O–H groups in total. The number of hydrogen-bond acceptors (Lipinski definition) is 8. The molecule has 6 nitrogen and oxygen atoms in total. The van der Waals surface area contributed by atoms with Gasteiger partial charge in [-0.05, 0) is 42.7 Å². The van der Waals surface area contributed by atoms with E-state index < -0.39 is 0 Å². The van der Waals surface area contributed by atoms with Gasteiger partial charge < -0.3 is 9.15 Å². The molecule has 0 amide bonds. The highest BCUT2D eigenvalue weighted by molar-refractivity contribution is 7.98. The van der Waals surface area contributed by atoms with Crippen LogP contribution in [0.1, 0.15) is 24.3 Å². The highest BCUT2D eigenvalue weighted by atomic mass is 32.2. The molecule has 1 saturated heterocycles. The van der Waals surface area contributed by atoms with Crippen molar-refractivity contribution in [2.75, 3.05) is 6.61 Å². The van der Waals surface area contributed by atoms with Crippen LogP contribution in [0.4, 0.5) is 0 Å². The fraction of sp³-hybridized carbons (Fsp3) is 0.350. The Balaban J connectivity index is 1.38. The number of thioether (sulfide) groups is 1. The van der Waals surface area contributed by atoms with Gasteiger partial charge in [0.15, 0.2) is 11.0 Å². The molecule has 1 unspecified atom stereocenters. The van der Waals surface area contributed by atoms with E-state index >= 15 is 0 Å². The third-order valence-corrected chi connectivity index (χ3v) is 7.53. The summed E-state index contributed by atoms with van der Waals surface area (Å²) >= 11 is 4.96. The number of nitrogens with zero attached hydrogens (tertiary/aromatic N) is 4. The minimum Gasteiger partial charge on any atom is -0.440 e. The van der Waals surface area contributed by atoms with E-state index in [0.717, 1.165) is 58.2 Å². The molecule has 0 saturated carbocycles. The monoisotopic (exact) mass is 444 g/mol. The molecule has 1 aliphatic heterocycles. The van der Waals surface area contributed by atoms with Crippen LogP contribution in [-0.2, 0) is 17.0 Å². The first kappa shape index (κ1) is 19.0. The van der Waals surface area contributed by atoms with Crippen LogP contribution in [0.25, 0.3) is 21.5 Å². The maximum atomic E-state index is 5.87. The van der Waals surface area contributed by atoms with Crippen molar-refractivity contribution < 1.29 is 9.15 Å². The van der Waals surface area contributed by atoms with Crippen LogP contribution in [0.2, 0.25) is 0 Å². The topological polar surface area (TPSA) is 66.0 Å². The summed E-state index contributed by atoms with van der Waals surface area (Å²) in [5, 5.41) is 14.0. The average molecular weight is 445 g/mol. The van der Waals surface area contributed by atoms with Crippen molar-refractivity contribution in [1.29, 1.82) is 0 Å². The van der Waals surface area contributed by atoms with Gasteiger partial charge in [0.25, 0.3) is 0 Å². The Morgan fingerprint density at radius 1 is 1.17 bits per heavy atom. The molecule has 4 aromatic heterocycles. The van der Waals surface area contributed by atoms with E-state index in [1.807, 2.05) is 30.5 Å². The minimum absolute atomic E-state index is 0.225. The molecule has 0 aromatic carbocycles. The van der Waals surface area contributed by atoms with Gasteiger partial charge in [-0.25, -0.2) is 4.98 Å². The van der Waals surface area contributed by atoms with Crippen molar-refractivity contribution in [2.24, 2.45) is 0 Å². The number of hydrogen-bond donors (Lipinski definition) is 0. The number of aryl methyl sites for hydroxylation is 1. The van der Waals surface area contributed by atoms with Gasteiger partial charge in [-0.2, -0.15) is 0 Å². The number of rotatable bonds is 7. The zero-order valence-corrected chi connectivity index (χ0v) is 18.4. The minimum atomic E-state index is 0.225. The lowest BCUT2D eigenvalue weighted by molar-refractivity contribution is 0.0953. The molecule has 0 bridgehead atoms. The summed E-state index contributed by atoms with van der Waals surface area (Å²) in [5.74, 6) is 3.14. The quantitative estimate of drug-likeness (QED) is 0.351. The van der Waals surface area contributed by atoms with Crippen molar-refractivity contribution in [1.82, 2.24) is 19.7 Å². The predicted octanol–water partition coefficient (Wildman–Crippen LogP) is 5.50. The van der Waals surface area contributed by atoms with Gasteiger partial charge in [-0.1, -0.05) is 23.9 Å². The molecule has 150 valence electrons. The second kappa shape index (κ2) is 8.43. The molecule has 1 atom stereocenters. The molecular formula is C20H20N4O2S3. The Labute approximate surface area is 181 Å². The van der Waals surface area contributed by atoms with Gasteiger partial charge >= 0.3 is 0 Å². The second-order valence-corrected chi connectivity index (χ2v) is 9.65. The number of thiophene rings is 2. The van der Waals surface area contributed by atoms with Gasteiger partial charge in [0.1, 0.15) is 5.76 Å². The first-order valence-electron chi connectivity index (χ1n) is 9.49. The Kier molecular flexibility index (Phi) is 5.54. The van der Waals surface area contributed by atoms with E-state index in [4.69, 9.17) is 14.1 Å². The summed E-state index contributed by atoms with van der Waals surface area (Å²) in [6, 6.07) is 8.17. The van der Waals surface area contributed by atoms with Crippen LogP contribution < -0.4 is 0 Å². The SMILES string of the molecule is Cc1oc(-c2cccs2)nc1CSc1nnc(-c2cccs2)n1CC1CCCO1. The van der Waals surface area contributed by atoms with E-state index in [1.165, 1.54) is 0 Å². The van der Waals surface area contributed by atoms with E-state index in [1.54, 1.807) is 34.4 Å². The molecular weight excluding hydrogens is 424 g/mol. The predicted molar refractivity (Wildman–Crippen MR) is 116 cm³/mol. The summed E-state index contributed by atoms with van der Waals surface area (Å²) < 4.78 is 13.9. The summed E-state index contributed by atoms with van der Waals surface area (Å²) in [6.07, 6.45) is 2.43. The molecule has 1 aliphatic rings. The van der Waals surface area contributed by atoms with E-state index in [0.29, 0.717) is 11.6 Å². The molecule has 0 spiro atoms. The first-order valence-corrected chi connectivity index (χ1v) is 12.2. The molecule has 29 heavy (non-hydrogen) atoms. The van der Waals surface area contributed by atoms with Crippen molar-refractivity contribution in [2.45, 2.75) is 43.3 Å². The normalized spacial score (nSPS) is 16.7. The van der Waals surface area contributed by atoms with Gasteiger partial charge in [0, 0.05) is 12.4 Å². The Bertz CT molecular complexity index is 1060. The van der Waals surface area contributed by atoms with Gasteiger partial charge in [-0.3, -0.25) is 4.57 Å². The lowest BCUT2D eigenvalue weighted by Gasteiger charge is -2.14. The maximum absolute atomic E-state index is 5.87. The molecule has 9 heteroatoms.